The highest BCUT2D eigenvalue weighted by Gasteiger charge is 2.31. The fourth-order valence-electron chi connectivity index (χ4n) is 2.75. The molecule has 0 aliphatic carbocycles. The molecule has 124 valence electrons. The highest BCUT2D eigenvalue weighted by atomic mass is 19.1. The molecule has 0 aromatic heterocycles. The molecule has 3 rings (SSSR count). The SMILES string of the molecule is CC(OC(=O)c1c(F)cccc1F)C(=O)N1CCc2ccccc21. The van der Waals surface area contributed by atoms with Gasteiger partial charge >= 0.3 is 5.97 Å². The first-order chi connectivity index (χ1) is 11.5. The molecule has 0 radical (unpaired) electrons. The third-order valence-corrected chi connectivity index (χ3v) is 3.95. The quantitative estimate of drug-likeness (QED) is 0.812. The molecule has 0 bridgehead atoms. The van der Waals surface area contributed by atoms with Crippen LogP contribution in [-0.4, -0.2) is 24.5 Å². The van der Waals surface area contributed by atoms with E-state index in [1.807, 2.05) is 24.3 Å². The number of carbonyl (C=O) groups excluding carboxylic acids is 2. The number of halogens is 2. The van der Waals surface area contributed by atoms with Crippen LogP contribution >= 0.6 is 0 Å². The van der Waals surface area contributed by atoms with Crippen molar-refractivity contribution in [3.05, 3.63) is 65.2 Å². The van der Waals surface area contributed by atoms with Crippen LogP contribution in [0.3, 0.4) is 0 Å². The maximum Gasteiger partial charge on any atom is 0.344 e. The number of nitrogens with zero attached hydrogens (tertiary/aromatic N) is 1. The number of rotatable bonds is 3. The van der Waals surface area contributed by atoms with Crippen LogP contribution in [0.5, 0.6) is 0 Å². The second-order valence-electron chi connectivity index (χ2n) is 5.51. The van der Waals surface area contributed by atoms with Crippen molar-refractivity contribution in [3.63, 3.8) is 0 Å². The molecule has 24 heavy (non-hydrogen) atoms. The number of benzene rings is 2. The Morgan fingerprint density at radius 3 is 2.46 bits per heavy atom. The molecule has 4 nitrogen and oxygen atoms in total. The number of para-hydroxylation sites is 1. The molecule has 0 saturated heterocycles. The number of carbonyl (C=O) groups is 2. The van der Waals surface area contributed by atoms with Gasteiger partial charge in [0.1, 0.15) is 17.2 Å². The minimum absolute atomic E-state index is 0.426. The van der Waals surface area contributed by atoms with Crippen molar-refractivity contribution in [3.8, 4) is 0 Å². The van der Waals surface area contributed by atoms with E-state index in [0.717, 1.165) is 29.4 Å². The van der Waals surface area contributed by atoms with E-state index in [0.29, 0.717) is 13.0 Å². The van der Waals surface area contributed by atoms with Crippen molar-refractivity contribution >= 4 is 17.6 Å². The van der Waals surface area contributed by atoms with Crippen LogP contribution in [0.15, 0.2) is 42.5 Å². The summed E-state index contributed by atoms with van der Waals surface area (Å²) in [5, 5.41) is 0. The van der Waals surface area contributed by atoms with Crippen LogP contribution in [0.25, 0.3) is 0 Å². The predicted octanol–water partition coefficient (Wildman–Crippen LogP) is 3.10. The van der Waals surface area contributed by atoms with Crippen LogP contribution in [0, 0.1) is 11.6 Å². The lowest BCUT2D eigenvalue weighted by Crippen LogP contribution is -2.39. The van der Waals surface area contributed by atoms with Crippen LogP contribution in [0.2, 0.25) is 0 Å². The summed E-state index contributed by atoms with van der Waals surface area (Å²) in [6.07, 6.45) is -0.437. The molecule has 1 unspecified atom stereocenters. The van der Waals surface area contributed by atoms with Gasteiger partial charge in [-0.05, 0) is 37.1 Å². The smallest absolute Gasteiger partial charge is 0.344 e. The molecule has 0 saturated carbocycles. The zero-order chi connectivity index (χ0) is 17.3. The Bertz CT molecular complexity index is 786. The van der Waals surface area contributed by atoms with E-state index < -0.39 is 35.2 Å². The number of anilines is 1. The van der Waals surface area contributed by atoms with Gasteiger partial charge in [0.2, 0.25) is 0 Å². The first-order valence-electron chi connectivity index (χ1n) is 7.53. The normalized spacial score (nSPS) is 14.2. The Hall–Kier alpha value is -2.76. The lowest BCUT2D eigenvalue weighted by molar-refractivity contribution is -0.126. The molecule has 0 N–H and O–H groups in total. The second-order valence-corrected chi connectivity index (χ2v) is 5.51. The average molecular weight is 331 g/mol. The summed E-state index contributed by atoms with van der Waals surface area (Å²) < 4.78 is 32.2. The summed E-state index contributed by atoms with van der Waals surface area (Å²) in [5.74, 6) is -3.67. The van der Waals surface area contributed by atoms with Crippen LogP contribution < -0.4 is 4.90 Å². The van der Waals surface area contributed by atoms with Gasteiger partial charge in [0.15, 0.2) is 6.10 Å². The fraction of sp³-hybridized carbons (Fsp3) is 0.222. The maximum absolute atomic E-state index is 13.6. The highest BCUT2D eigenvalue weighted by Crippen LogP contribution is 2.28. The van der Waals surface area contributed by atoms with E-state index >= 15 is 0 Å². The van der Waals surface area contributed by atoms with Gasteiger partial charge in [-0.1, -0.05) is 24.3 Å². The van der Waals surface area contributed by atoms with Crippen molar-refractivity contribution in [1.29, 1.82) is 0 Å². The third-order valence-electron chi connectivity index (χ3n) is 3.95. The molecule has 1 aliphatic heterocycles. The number of esters is 1. The van der Waals surface area contributed by atoms with E-state index in [9.17, 15) is 18.4 Å². The van der Waals surface area contributed by atoms with E-state index in [4.69, 9.17) is 4.74 Å². The first kappa shape index (κ1) is 16.1. The minimum Gasteiger partial charge on any atom is -0.449 e. The molecular formula is C18H15F2NO3. The highest BCUT2D eigenvalue weighted by molar-refractivity contribution is 6.00. The number of hydrogen-bond donors (Lipinski definition) is 0. The van der Waals surface area contributed by atoms with Gasteiger partial charge in [0, 0.05) is 12.2 Å². The summed E-state index contributed by atoms with van der Waals surface area (Å²) >= 11 is 0. The lowest BCUT2D eigenvalue weighted by Gasteiger charge is -2.21. The standard InChI is InChI=1S/C18H15F2NO3/c1-11(24-18(23)16-13(19)6-4-7-14(16)20)17(22)21-10-9-12-5-2-3-8-15(12)21/h2-8,11H,9-10H2,1H3. The van der Waals surface area contributed by atoms with Crippen molar-refractivity contribution in [2.75, 3.05) is 11.4 Å². The zero-order valence-corrected chi connectivity index (χ0v) is 13.0. The molecule has 1 atom stereocenters. The molecule has 6 heteroatoms. The first-order valence-corrected chi connectivity index (χ1v) is 7.53. The van der Waals surface area contributed by atoms with Gasteiger partial charge < -0.3 is 9.64 Å². The Morgan fingerprint density at radius 2 is 1.75 bits per heavy atom. The molecule has 1 amide bonds. The van der Waals surface area contributed by atoms with E-state index in [2.05, 4.69) is 0 Å². The Morgan fingerprint density at radius 1 is 1.08 bits per heavy atom. The summed E-state index contributed by atoms with van der Waals surface area (Å²) in [4.78, 5) is 26.0. The van der Waals surface area contributed by atoms with Gasteiger partial charge in [-0.15, -0.1) is 0 Å². The van der Waals surface area contributed by atoms with Crippen molar-refractivity contribution in [2.24, 2.45) is 0 Å². The minimum atomic E-state index is -1.20. The van der Waals surface area contributed by atoms with Gasteiger partial charge in [0.05, 0.1) is 0 Å². The Labute approximate surface area is 137 Å². The summed E-state index contributed by atoms with van der Waals surface area (Å²) in [7, 11) is 0. The molecule has 0 fully saturated rings. The van der Waals surface area contributed by atoms with Crippen LogP contribution in [0.1, 0.15) is 22.8 Å². The molecule has 2 aromatic rings. The Balaban J connectivity index is 1.75. The van der Waals surface area contributed by atoms with Crippen molar-refractivity contribution in [2.45, 2.75) is 19.4 Å². The van der Waals surface area contributed by atoms with Gasteiger partial charge in [-0.2, -0.15) is 0 Å². The monoisotopic (exact) mass is 331 g/mol. The van der Waals surface area contributed by atoms with Crippen molar-refractivity contribution < 1.29 is 23.1 Å². The van der Waals surface area contributed by atoms with E-state index in [-0.39, 0.29) is 0 Å². The number of amides is 1. The number of ether oxygens (including phenoxy) is 1. The summed E-state index contributed by atoms with van der Waals surface area (Å²) in [5.41, 5.74) is 1.01. The maximum atomic E-state index is 13.6. The number of fused-ring (bicyclic) bond motifs is 1. The van der Waals surface area contributed by atoms with Crippen molar-refractivity contribution in [1.82, 2.24) is 0 Å². The topological polar surface area (TPSA) is 46.6 Å². The van der Waals surface area contributed by atoms with E-state index in [1.165, 1.54) is 11.8 Å². The molecule has 1 heterocycles. The zero-order valence-electron chi connectivity index (χ0n) is 13.0. The van der Waals surface area contributed by atoms with Gasteiger partial charge in [0.25, 0.3) is 5.91 Å². The predicted molar refractivity (Wildman–Crippen MR) is 83.7 cm³/mol. The molecule has 0 spiro atoms. The summed E-state index contributed by atoms with van der Waals surface area (Å²) in [6.45, 7) is 1.87. The lowest BCUT2D eigenvalue weighted by atomic mass is 10.2. The van der Waals surface area contributed by atoms with Gasteiger partial charge in [-0.3, -0.25) is 4.79 Å². The van der Waals surface area contributed by atoms with Gasteiger partial charge in [-0.25, -0.2) is 13.6 Å². The second kappa shape index (κ2) is 6.39. The van der Waals surface area contributed by atoms with Crippen LogP contribution in [0.4, 0.5) is 14.5 Å². The number of hydrogen-bond acceptors (Lipinski definition) is 3. The molecule has 1 aliphatic rings. The van der Waals surface area contributed by atoms with E-state index in [1.54, 1.807) is 0 Å². The Kier molecular flexibility index (Phi) is 4.29. The fourth-order valence-corrected chi connectivity index (χ4v) is 2.75. The third kappa shape index (κ3) is 2.87. The molecular weight excluding hydrogens is 316 g/mol. The van der Waals surface area contributed by atoms with Crippen LogP contribution in [-0.2, 0) is 16.0 Å². The summed E-state index contributed by atoms with van der Waals surface area (Å²) in [6, 6.07) is 10.5. The molecule has 2 aromatic carbocycles. The average Bonchev–Trinajstić information content (AvgIpc) is 2.97. The largest absolute Gasteiger partial charge is 0.449 e.